The van der Waals surface area contributed by atoms with Crippen LogP contribution in [0.2, 0.25) is 0 Å². The average molecular weight is 293 g/mol. The lowest BCUT2D eigenvalue weighted by molar-refractivity contribution is 0.198. The summed E-state index contributed by atoms with van der Waals surface area (Å²) in [6, 6.07) is 0. The normalized spacial score (nSPS) is 14.8. The van der Waals surface area contributed by atoms with Crippen molar-refractivity contribution in [3.05, 3.63) is 0 Å². The lowest BCUT2D eigenvalue weighted by atomic mass is 9.98. The van der Waals surface area contributed by atoms with Crippen LogP contribution in [0, 0.1) is 0 Å². The molecule has 0 spiro atoms. The minimum absolute atomic E-state index is 0.0492. The third-order valence-electron chi connectivity index (χ3n) is 2.29. The molecule has 0 aliphatic rings. The van der Waals surface area contributed by atoms with Crippen molar-refractivity contribution in [2.24, 2.45) is 5.73 Å². The van der Waals surface area contributed by atoms with Gasteiger partial charge in [-0.2, -0.15) is 0 Å². The lowest BCUT2D eigenvalue weighted by Gasteiger charge is -2.20. The molecule has 1 atom stereocenters. The fraction of sp³-hybridized carbons (Fsp3) is 0.800. The highest BCUT2D eigenvalue weighted by Crippen LogP contribution is 2.28. The predicted molar refractivity (Wildman–Crippen MR) is 75.9 cm³/mol. The first-order valence-electron chi connectivity index (χ1n) is 5.47. The highest BCUT2D eigenvalue weighted by molar-refractivity contribution is 8.02. The molecule has 0 saturated heterocycles. The van der Waals surface area contributed by atoms with Gasteiger partial charge in [0.25, 0.3) is 0 Å². The molecule has 98 valence electrons. The summed E-state index contributed by atoms with van der Waals surface area (Å²) in [7, 11) is 0. The largest absolute Gasteiger partial charge is 0.394 e. The van der Waals surface area contributed by atoms with Crippen LogP contribution in [0.15, 0.2) is 8.68 Å². The van der Waals surface area contributed by atoms with E-state index >= 15 is 0 Å². The van der Waals surface area contributed by atoms with E-state index in [1.165, 1.54) is 0 Å². The number of nitrogens with two attached hydrogens (primary N) is 1. The van der Waals surface area contributed by atoms with Crippen LogP contribution in [0.3, 0.4) is 0 Å². The molecule has 1 heterocycles. The Morgan fingerprint density at radius 1 is 1.35 bits per heavy atom. The standard InChI is InChI=1S/C10H19N3OS3/c1-10(11,7-14)5-3-4-6-16-9-13-12-8(15-2)17-9/h14H,3-7,11H2,1-2H3. The Morgan fingerprint density at radius 3 is 2.65 bits per heavy atom. The maximum absolute atomic E-state index is 9.01. The van der Waals surface area contributed by atoms with E-state index in [9.17, 15) is 0 Å². The molecule has 4 nitrogen and oxygen atoms in total. The van der Waals surface area contributed by atoms with Crippen molar-refractivity contribution in [3.8, 4) is 0 Å². The highest BCUT2D eigenvalue weighted by Gasteiger charge is 2.15. The van der Waals surface area contributed by atoms with E-state index in [4.69, 9.17) is 10.8 Å². The average Bonchev–Trinajstić information content (AvgIpc) is 2.76. The van der Waals surface area contributed by atoms with Crippen molar-refractivity contribution in [2.45, 2.75) is 40.4 Å². The third-order valence-corrected chi connectivity index (χ3v) is 5.41. The fourth-order valence-electron chi connectivity index (χ4n) is 1.21. The van der Waals surface area contributed by atoms with Gasteiger partial charge in [0, 0.05) is 11.3 Å². The number of aliphatic hydroxyl groups excluding tert-OH is 1. The van der Waals surface area contributed by atoms with Crippen molar-refractivity contribution >= 4 is 34.9 Å². The second-order valence-corrected chi connectivity index (χ2v) is 7.53. The molecular weight excluding hydrogens is 274 g/mol. The molecule has 0 aliphatic heterocycles. The Bertz CT molecular complexity index is 330. The molecule has 1 aromatic rings. The molecule has 3 N–H and O–H groups in total. The fourth-order valence-corrected chi connectivity index (χ4v) is 3.72. The van der Waals surface area contributed by atoms with Gasteiger partial charge in [-0.3, -0.25) is 0 Å². The van der Waals surface area contributed by atoms with Crippen LogP contribution in [0.1, 0.15) is 26.2 Å². The smallest absolute Gasteiger partial charge is 0.175 e. The van der Waals surface area contributed by atoms with Gasteiger partial charge in [0.05, 0.1) is 6.61 Å². The maximum Gasteiger partial charge on any atom is 0.175 e. The second-order valence-electron chi connectivity index (χ2n) is 4.16. The molecule has 0 aromatic carbocycles. The van der Waals surface area contributed by atoms with Gasteiger partial charge in [0.2, 0.25) is 0 Å². The SMILES string of the molecule is CSc1nnc(SCCCCC(C)(N)CO)s1. The van der Waals surface area contributed by atoms with Crippen LogP contribution in [-0.4, -0.2) is 39.5 Å². The molecule has 0 fully saturated rings. The van der Waals surface area contributed by atoms with E-state index in [-0.39, 0.29) is 6.61 Å². The van der Waals surface area contributed by atoms with Crippen molar-refractivity contribution < 1.29 is 5.11 Å². The molecule has 0 radical (unpaired) electrons. The monoisotopic (exact) mass is 293 g/mol. The Hall–Kier alpha value is 0.180. The predicted octanol–water partition coefficient (Wildman–Crippen LogP) is 2.23. The van der Waals surface area contributed by atoms with Gasteiger partial charge in [-0.15, -0.1) is 10.2 Å². The zero-order chi connectivity index (χ0) is 12.7. The van der Waals surface area contributed by atoms with E-state index < -0.39 is 5.54 Å². The summed E-state index contributed by atoms with van der Waals surface area (Å²) >= 11 is 5.01. The Morgan fingerprint density at radius 2 is 2.06 bits per heavy atom. The molecule has 1 aromatic heterocycles. The van der Waals surface area contributed by atoms with Crippen molar-refractivity contribution in [1.82, 2.24) is 10.2 Å². The van der Waals surface area contributed by atoms with Crippen LogP contribution < -0.4 is 5.73 Å². The molecule has 7 heteroatoms. The molecule has 0 saturated carbocycles. The molecule has 0 bridgehead atoms. The molecule has 1 unspecified atom stereocenters. The Labute approximate surface area is 115 Å². The number of thioether (sulfide) groups is 2. The molecular formula is C10H19N3OS3. The minimum atomic E-state index is -0.431. The summed E-state index contributed by atoms with van der Waals surface area (Å²) in [4.78, 5) is 0. The van der Waals surface area contributed by atoms with Crippen LogP contribution in [0.5, 0.6) is 0 Å². The van der Waals surface area contributed by atoms with Gasteiger partial charge in [-0.25, -0.2) is 0 Å². The zero-order valence-corrected chi connectivity index (χ0v) is 12.6. The van der Waals surface area contributed by atoms with Crippen LogP contribution in [-0.2, 0) is 0 Å². The first-order chi connectivity index (χ1) is 8.07. The first kappa shape index (κ1) is 15.2. The van der Waals surface area contributed by atoms with Gasteiger partial charge in [-0.1, -0.05) is 41.3 Å². The number of aliphatic hydroxyl groups is 1. The van der Waals surface area contributed by atoms with Crippen molar-refractivity contribution in [3.63, 3.8) is 0 Å². The highest BCUT2D eigenvalue weighted by atomic mass is 32.2. The van der Waals surface area contributed by atoms with Crippen molar-refractivity contribution in [2.75, 3.05) is 18.6 Å². The number of nitrogens with zero attached hydrogens (tertiary/aromatic N) is 2. The first-order valence-corrected chi connectivity index (χ1v) is 8.50. The van der Waals surface area contributed by atoms with E-state index in [2.05, 4.69) is 10.2 Å². The minimum Gasteiger partial charge on any atom is -0.394 e. The molecule has 0 aliphatic carbocycles. The van der Waals surface area contributed by atoms with E-state index in [0.717, 1.165) is 33.7 Å². The summed E-state index contributed by atoms with van der Waals surface area (Å²) in [5, 5.41) is 17.1. The van der Waals surface area contributed by atoms with E-state index in [1.807, 2.05) is 13.2 Å². The van der Waals surface area contributed by atoms with Crippen molar-refractivity contribution in [1.29, 1.82) is 0 Å². The Kier molecular flexibility index (Phi) is 6.79. The van der Waals surface area contributed by atoms with E-state index in [1.54, 1.807) is 34.9 Å². The van der Waals surface area contributed by atoms with Gasteiger partial charge in [0.15, 0.2) is 8.68 Å². The number of hydrogen-bond donors (Lipinski definition) is 2. The van der Waals surface area contributed by atoms with Crippen LogP contribution >= 0.6 is 34.9 Å². The van der Waals surface area contributed by atoms with Crippen LogP contribution in [0.25, 0.3) is 0 Å². The zero-order valence-electron chi connectivity index (χ0n) is 10.2. The Balaban J connectivity index is 2.12. The molecule has 17 heavy (non-hydrogen) atoms. The number of unbranched alkanes of at least 4 members (excludes halogenated alkanes) is 1. The van der Waals surface area contributed by atoms with E-state index in [0.29, 0.717) is 0 Å². The summed E-state index contributed by atoms with van der Waals surface area (Å²) in [5.41, 5.74) is 5.42. The number of rotatable bonds is 8. The van der Waals surface area contributed by atoms with Gasteiger partial charge in [-0.05, 0) is 26.0 Å². The molecule has 0 amide bonds. The van der Waals surface area contributed by atoms with Crippen LogP contribution in [0.4, 0.5) is 0 Å². The quantitative estimate of drug-likeness (QED) is 0.566. The topological polar surface area (TPSA) is 72.0 Å². The summed E-state index contributed by atoms with van der Waals surface area (Å²) in [5.74, 6) is 1.03. The summed E-state index contributed by atoms with van der Waals surface area (Å²) < 4.78 is 2.05. The summed E-state index contributed by atoms with van der Waals surface area (Å²) in [6.07, 6.45) is 4.99. The second kappa shape index (κ2) is 7.58. The van der Waals surface area contributed by atoms with Gasteiger partial charge in [0.1, 0.15) is 0 Å². The van der Waals surface area contributed by atoms with Gasteiger partial charge < -0.3 is 10.8 Å². The number of aromatic nitrogens is 2. The number of hydrogen-bond acceptors (Lipinski definition) is 7. The summed E-state index contributed by atoms with van der Waals surface area (Å²) in [6.45, 7) is 1.93. The lowest BCUT2D eigenvalue weighted by Crippen LogP contribution is -2.39. The third kappa shape index (κ3) is 6.05. The maximum atomic E-state index is 9.01. The van der Waals surface area contributed by atoms with Gasteiger partial charge >= 0.3 is 0 Å². The molecule has 1 rings (SSSR count).